The smallest absolute Gasteiger partial charge is 0.306 e. The zero-order chi connectivity index (χ0) is 47.3. The van der Waals surface area contributed by atoms with Crippen molar-refractivity contribution < 1.29 is 98.9 Å². The molecule has 25 unspecified atom stereocenters. The maximum atomic E-state index is 13.4. The topological polar surface area (TPSA) is 321 Å². The number of esters is 1. The van der Waals surface area contributed by atoms with Crippen molar-refractivity contribution in [3.8, 4) is 0 Å². The van der Waals surface area contributed by atoms with Crippen LogP contribution in [-0.4, -0.2) is 199 Å². The minimum Gasteiger partial charge on any atom is -0.462 e. The Bertz CT molecular complexity index is 1600. The van der Waals surface area contributed by atoms with E-state index in [9.17, 15) is 65.8 Å². The van der Waals surface area contributed by atoms with E-state index in [0.29, 0.717) is 37.5 Å². The van der Waals surface area contributed by atoms with Gasteiger partial charge >= 0.3 is 5.97 Å². The highest BCUT2D eigenvalue weighted by Crippen LogP contribution is 2.68. The number of ether oxygens (including phenoxy) is 7. The van der Waals surface area contributed by atoms with E-state index in [0.717, 1.165) is 32.1 Å². The molecule has 0 aromatic heterocycles. The first-order valence-electron chi connectivity index (χ1n) is 23.6. The SMILES string of the molecule is CC(=O)C1C(OC(=O)CCC(C)COC2OC(CO)C(O)C(O)C2O)CC2C3CCC4CC(OC5OC(CO)C(O)C(O)C5OC5OC(CO)C(O)C(O)C5O)CCC4(C)C3CCC21C. The van der Waals surface area contributed by atoms with Crippen molar-refractivity contribution in [2.75, 3.05) is 26.4 Å². The van der Waals surface area contributed by atoms with Crippen LogP contribution in [0.4, 0.5) is 0 Å². The lowest BCUT2D eigenvalue weighted by molar-refractivity contribution is -0.373. The molecular weight excluding hydrogens is 860 g/mol. The molecule has 3 aliphatic heterocycles. The van der Waals surface area contributed by atoms with Gasteiger partial charge in [0, 0.05) is 6.42 Å². The third kappa shape index (κ3) is 9.95. The molecule has 0 amide bonds. The van der Waals surface area contributed by atoms with Crippen molar-refractivity contribution in [1.82, 2.24) is 0 Å². The van der Waals surface area contributed by atoms with Gasteiger partial charge in [0.2, 0.25) is 0 Å². The summed E-state index contributed by atoms with van der Waals surface area (Å²) in [4.78, 5) is 26.8. The van der Waals surface area contributed by atoms with Gasteiger partial charge in [-0.2, -0.15) is 0 Å². The minimum atomic E-state index is -1.78. The van der Waals surface area contributed by atoms with Gasteiger partial charge in [0.15, 0.2) is 18.9 Å². The molecular formula is C45H74O20. The lowest BCUT2D eigenvalue weighted by Crippen LogP contribution is -2.65. The van der Waals surface area contributed by atoms with Crippen LogP contribution in [-0.2, 0) is 42.7 Å². The summed E-state index contributed by atoms with van der Waals surface area (Å²) in [5.74, 6) is 0.0174. The maximum absolute atomic E-state index is 13.4. The maximum Gasteiger partial charge on any atom is 0.306 e. The normalized spacial score (nSPS) is 50.4. The van der Waals surface area contributed by atoms with Crippen molar-refractivity contribution in [3.63, 3.8) is 0 Å². The molecule has 25 atom stereocenters. The van der Waals surface area contributed by atoms with Crippen LogP contribution in [0.3, 0.4) is 0 Å². The average molecular weight is 935 g/mol. The number of carbonyl (C=O) groups is 2. The number of rotatable bonds is 15. The monoisotopic (exact) mass is 934 g/mol. The van der Waals surface area contributed by atoms with Crippen molar-refractivity contribution >= 4 is 11.8 Å². The third-order valence-corrected chi connectivity index (χ3v) is 16.9. The fraction of sp³-hybridized carbons (Fsp3) is 0.956. The summed E-state index contributed by atoms with van der Waals surface area (Å²) in [6, 6.07) is 0. The molecule has 374 valence electrons. The Kier molecular flexibility index (Phi) is 16.4. The third-order valence-electron chi connectivity index (χ3n) is 16.9. The Labute approximate surface area is 379 Å². The summed E-state index contributed by atoms with van der Waals surface area (Å²) >= 11 is 0. The first-order chi connectivity index (χ1) is 30.8. The molecule has 0 spiro atoms. The Balaban J connectivity index is 0.956. The summed E-state index contributed by atoms with van der Waals surface area (Å²) in [6.45, 7) is 6.13. The first kappa shape index (κ1) is 51.3. The van der Waals surface area contributed by atoms with Crippen molar-refractivity contribution in [2.45, 2.75) is 196 Å². The fourth-order valence-corrected chi connectivity index (χ4v) is 13.1. The molecule has 7 fully saturated rings. The molecule has 20 nitrogen and oxygen atoms in total. The molecule has 0 aromatic rings. The van der Waals surface area contributed by atoms with Gasteiger partial charge in [-0.25, -0.2) is 0 Å². The number of aliphatic hydroxyl groups is 11. The number of aliphatic hydroxyl groups excluding tert-OH is 11. The Morgan fingerprint density at radius 3 is 1.83 bits per heavy atom. The summed E-state index contributed by atoms with van der Waals surface area (Å²) in [5, 5.41) is 113. The van der Waals surface area contributed by atoms with E-state index in [1.165, 1.54) is 0 Å². The van der Waals surface area contributed by atoms with Crippen LogP contribution >= 0.6 is 0 Å². The van der Waals surface area contributed by atoms with Gasteiger partial charge in [-0.3, -0.25) is 9.59 Å². The van der Waals surface area contributed by atoms with Crippen molar-refractivity contribution in [1.29, 1.82) is 0 Å². The van der Waals surface area contributed by atoms with Crippen molar-refractivity contribution in [3.05, 3.63) is 0 Å². The molecule has 0 bridgehead atoms. The average Bonchev–Trinajstić information content (AvgIpc) is 3.58. The molecule has 65 heavy (non-hydrogen) atoms. The lowest BCUT2D eigenvalue weighted by Gasteiger charge is -2.61. The molecule has 4 saturated carbocycles. The second-order valence-corrected chi connectivity index (χ2v) is 20.8. The zero-order valence-corrected chi connectivity index (χ0v) is 37.8. The Morgan fingerprint density at radius 1 is 0.646 bits per heavy atom. The van der Waals surface area contributed by atoms with E-state index in [4.69, 9.17) is 33.2 Å². The molecule has 0 radical (unpaired) electrons. The van der Waals surface area contributed by atoms with Gasteiger partial charge in [-0.05, 0) is 105 Å². The number of hydrogen-bond acceptors (Lipinski definition) is 20. The second-order valence-electron chi connectivity index (χ2n) is 20.8. The van der Waals surface area contributed by atoms with Gasteiger partial charge in [-0.15, -0.1) is 0 Å². The number of ketones is 1. The van der Waals surface area contributed by atoms with Gasteiger partial charge in [0.05, 0.1) is 38.4 Å². The van der Waals surface area contributed by atoms with Crippen LogP contribution in [0.1, 0.15) is 91.9 Å². The Hall–Kier alpha value is -1.54. The number of carbonyl (C=O) groups excluding carboxylic acids is 2. The van der Waals surface area contributed by atoms with E-state index in [-0.39, 0.29) is 53.5 Å². The van der Waals surface area contributed by atoms with Crippen LogP contribution in [0.5, 0.6) is 0 Å². The second kappa shape index (κ2) is 20.8. The van der Waals surface area contributed by atoms with E-state index in [2.05, 4.69) is 13.8 Å². The summed E-state index contributed by atoms with van der Waals surface area (Å²) in [7, 11) is 0. The highest BCUT2D eigenvalue weighted by Gasteiger charge is 2.64. The van der Waals surface area contributed by atoms with Gasteiger partial charge < -0.3 is 89.3 Å². The summed E-state index contributed by atoms with van der Waals surface area (Å²) in [5.41, 5.74) is -0.418. The number of fused-ring (bicyclic) bond motifs is 5. The number of Topliss-reactive ketones (excluding diaryl/α,β-unsaturated/α-hetero) is 1. The largest absolute Gasteiger partial charge is 0.462 e. The fourth-order valence-electron chi connectivity index (χ4n) is 13.1. The van der Waals surface area contributed by atoms with E-state index >= 15 is 0 Å². The van der Waals surface area contributed by atoms with Crippen LogP contribution in [0, 0.1) is 46.3 Å². The van der Waals surface area contributed by atoms with Crippen LogP contribution in [0.2, 0.25) is 0 Å². The predicted molar refractivity (Wildman–Crippen MR) is 221 cm³/mol. The number of hydrogen-bond donors (Lipinski definition) is 11. The highest BCUT2D eigenvalue weighted by molar-refractivity contribution is 5.81. The standard InChI is InChI=1S/C45H74O20/c1-19(18-59-41-38(57)35(54)32(51)27(15-46)62-41)5-8-30(50)61-26-14-25-23-7-6-21-13-22(9-11-44(21,3)24(23)10-12-45(25,4)31(26)20(2)49)60-43-40(37(56)34(53)29(17-48)64-43)65-42-39(58)36(55)33(52)28(16-47)63-42/h19,21-29,31-43,46-48,51-58H,5-18H2,1-4H3. The van der Waals surface area contributed by atoms with E-state index < -0.39 is 130 Å². The van der Waals surface area contributed by atoms with Gasteiger partial charge in [-0.1, -0.05) is 20.8 Å². The van der Waals surface area contributed by atoms with Crippen molar-refractivity contribution in [2.24, 2.45) is 46.3 Å². The highest BCUT2D eigenvalue weighted by atomic mass is 16.8. The quantitative estimate of drug-likeness (QED) is 0.0625. The molecule has 3 saturated heterocycles. The Morgan fingerprint density at radius 2 is 1.22 bits per heavy atom. The summed E-state index contributed by atoms with van der Waals surface area (Å²) in [6.07, 6.45) is -16.5. The lowest BCUT2D eigenvalue weighted by atomic mass is 9.44. The molecule has 20 heteroatoms. The predicted octanol–water partition coefficient (Wildman–Crippen LogP) is -2.00. The summed E-state index contributed by atoms with van der Waals surface area (Å²) < 4.78 is 41.2. The van der Waals surface area contributed by atoms with Crippen LogP contribution in [0.15, 0.2) is 0 Å². The van der Waals surface area contributed by atoms with Crippen LogP contribution in [0.25, 0.3) is 0 Å². The van der Waals surface area contributed by atoms with E-state index in [1.54, 1.807) is 6.92 Å². The van der Waals surface area contributed by atoms with Gasteiger partial charge in [0.1, 0.15) is 85.1 Å². The molecule has 7 aliphatic rings. The first-order valence-corrected chi connectivity index (χ1v) is 23.6. The molecule has 11 N–H and O–H groups in total. The zero-order valence-electron chi connectivity index (χ0n) is 37.8. The minimum absolute atomic E-state index is 0.00457. The van der Waals surface area contributed by atoms with E-state index in [1.807, 2.05) is 6.92 Å². The molecule has 3 heterocycles. The van der Waals surface area contributed by atoms with Crippen LogP contribution < -0.4 is 0 Å². The molecule has 7 rings (SSSR count). The van der Waals surface area contributed by atoms with Gasteiger partial charge in [0.25, 0.3) is 0 Å². The molecule has 4 aliphatic carbocycles. The molecule has 0 aromatic carbocycles.